The molecule has 1 aromatic heterocycles. The first-order valence-electron chi connectivity index (χ1n) is 8.86. The predicted molar refractivity (Wildman–Crippen MR) is 112 cm³/mol. The van der Waals surface area contributed by atoms with Gasteiger partial charge in [0, 0.05) is 35.4 Å². The number of fused-ring (bicyclic) bond motifs is 1. The third kappa shape index (κ3) is 5.18. The zero-order valence-electron chi connectivity index (χ0n) is 15.6. The summed E-state index contributed by atoms with van der Waals surface area (Å²) in [6.07, 6.45) is 4.59. The third-order valence-corrected chi connectivity index (χ3v) is 4.42. The molecule has 0 radical (unpaired) electrons. The van der Waals surface area contributed by atoms with E-state index in [1.165, 1.54) is 18.2 Å². The molecule has 2 aromatic carbocycles. The molecule has 0 spiro atoms. The van der Waals surface area contributed by atoms with Gasteiger partial charge in [0.15, 0.2) is 0 Å². The van der Waals surface area contributed by atoms with Gasteiger partial charge in [-0.3, -0.25) is 19.9 Å². The first-order valence-corrected chi connectivity index (χ1v) is 9.24. The fraction of sp³-hybridized carbons (Fsp3) is 0.0952. The lowest BCUT2D eigenvalue weighted by atomic mass is 10.1. The van der Waals surface area contributed by atoms with Crippen molar-refractivity contribution in [2.75, 3.05) is 13.2 Å². The quantitative estimate of drug-likeness (QED) is 0.203. The van der Waals surface area contributed by atoms with E-state index in [9.17, 15) is 19.7 Å². The van der Waals surface area contributed by atoms with Gasteiger partial charge in [0.2, 0.25) is 0 Å². The smallest absolute Gasteiger partial charge is 0.330 e. The second kappa shape index (κ2) is 9.62. The van der Waals surface area contributed by atoms with Crippen molar-refractivity contribution in [3.63, 3.8) is 0 Å². The highest BCUT2D eigenvalue weighted by molar-refractivity contribution is 6.34. The van der Waals surface area contributed by atoms with E-state index >= 15 is 0 Å². The molecule has 0 saturated carbocycles. The molecule has 30 heavy (non-hydrogen) atoms. The molecule has 0 unspecified atom stereocenters. The van der Waals surface area contributed by atoms with Gasteiger partial charge in [-0.05, 0) is 18.2 Å². The van der Waals surface area contributed by atoms with Gasteiger partial charge >= 0.3 is 5.97 Å². The van der Waals surface area contributed by atoms with E-state index in [-0.39, 0.29) is 29.4 Å². The Morgan fingerprint density at radius 3 is 2.77 bits per heavy atom. The van der Waals surface area contributed by atoms with Crippen LogP contribution in [0.1, 0.15) is 15.9 Å². The SMILES string of the molecule is O=C(/C=C/c1cccc2cccnc12)OCCNC(=O)c1ccc([N+](=O)[O-])cc1Cl. The second-order valence-corrected chi connectivity index (χ2v) is 6.51. The molecular formula is C21H16ClN3O5. The molecule has 0 aliphatic rings. The van der Waals surface area contributed by atoms with Crippen molar-refractivity contribution in [1.29, 1.82) is 0 Å². The van der Waals surface area contributed by atoms with Crippen LogP contribution >= 0.6 is 11.6 Å². The molecule has 9 heteroatoms. The molecule has 152 valence electrons. The summed E-state index contributed by atoms with van der Waals surface area (Å²) in [6.45, 7) is 0.00878. The molecule has 3 aromatic rings. The standard InChI is InChI=1S/C21H16ClN3O5/c22-18-13-16(25(28)29)7-8-17(18)21(27)24-11-12-30-19(26)9-6-15-4-1-3-14-5-2-10-23-20(14)15/h1-10,13H,11-12H2,(H,24,27)/b9-6+. The van der Waals surface area contributed by atoms with Crippen LogP contribution in [0.3, 0.4) is 0 Å². The van der Waals surface area contributed by atoms with Crippen LogP contribution in [0.15, 0.2) is 60.8 Å². The lowest BCUT2D eigenvalue weighted by molar-refractivity contribution is -0.384. The van der Waals surface area contributed by atoms with E-state index in [0.717, 1.165) is 22.5 Å². The number of halogens is 1. The molecule has 1 N–H and O–H groups in total. The zero-order chi connectivity index (χ0) is 21.5. The summed E-state index contributed by atoms with van der Waals surface area (Å²) >= 11 is 5.91. The van der Waals surface area contributed by atoms with Crippen molar-refractivity contribution in [2.24, 2.45) is 0 Å². The van der Waals surface area contributed by atoms with E-state index in [2.05, 4.69) is 10.3 Å². The number of nitrogens with zero attached hydrogens (tertiary/aromatic N) is 2. The van der Waals surface area contributed by atoms with Crippen LogP contribution in [0.5, 0.6) is 0 Å². The topological polar surface area (TPSA) is 111 Å². The number of hydrogen-bond donors (Lipinski definition) is 1. The number of nitro benzene ring substituents is 1. The van der Waals surface area contributed by atoms with Gasteiger partial charge in [-0.15, -0.1) is 0 Å². The monoisotopic (exact) mass is 425 g/mol. The molecule has 0 bridgehead atoms. The number of para-hydroxylation sites is 1. The fourth-order valence-electron chi connectivity index (χ4n) is 2.68. The van der Waals surface area contributed by atoms with E-state index in [1.807, 2.05) is 30.3 Å². The Labute approximate surface area is 176 Å². The maximum atomic E-state index is 12.1. The largest absolute Gasteiger partial charge is 0.461 e. The molecule has 1 amide bonds. The summed E-state index contributed by atoms with van der Waals surface area (Å²) in [4.78, 5) is 38.4. The number of hydrogen-bond acceptors (Lipinski definition) is 6. The Morgan fingerprint density at radius 1 is 1.20 bits per heavy atom. The molecule has 0 atom stereocenters. The minimum Gasteiger partial charge on any atom is -0.461 e. The highest BCUT2D eigenvalue weighted by Crippen LogP contribution is 2.22. The van der Waals surface area contributed by atoms with Crippen molar-refractivity contribution >= 4 is 46.1 Å². The Kier molecular flexibility index (Phi) is 6.71. The van der Waals surface area contributed by atoms with Crippen LogP contribution in [-0.4, -0.2) is 34.9 Å². The summed E-state index contributed by atoms with van der Waals surface area (Å²) < 4.78 is 5.06. The number of carbonyl (C=O) groups excluding carboxylic acids is 2. The number of aromatic nitrogens is 1. The molecule has 8 nitrogen and oxygen atoms in total. The fourth-order valence-corrected chi connectivity index (χ4v) is 2.94. The molecule has 0 aliphatic carbocycles. The van der Waals surface area contributed by atoms with Gasteiger partial charge in [0.25, 0.3) is 11.6 Å². The molecular weight excluding hydrogens is 410 g/mol. The Hall–Kier alpha value is -3.78. The van der Waals surface area contributed by atoms with Crippen LogP contribution in [0, 0.1) is 10.1 Å². The van der Waals surface area contributed by atoms with Crippen LogP contribution in [0.25, 0.3) is 17.0 Å². The van der Waals surface area contributed by atoms with E-state index in [0.29, 0.717) is 0 Å². The second-order valence-electron chi connectivity index (χ2n) is 6.10. The maximum Gasteiger partial charge on any atom is 0.330 e. The summed E-state index contributed by atoms with van der Waals surface area (Å²) in [5.74, 6) is -1.09. The van der Waals surface area contributed by atoms with Crippen molar-refractivity contribution in [2.45, 2.75) is 0 Å². The number of nitro groups is 1. The molecule has 0 saturated heterocycles. The summed E-state index contributed by atoms with van der Waals surface area (Å²) in [6, 6.07) is 13.0. The third-order valence-electron chi connectivity index (χ3n) is 4.10. The van der Waals surface area contributed by atoms with Crippen LogP contribution < -0.4 is 5.32 Å². The van der Waals surface area contributed by atoms with Gasteiger partial charge in [-0.1, -0.05) is 35.9 Å². The lowest BCUT2D eigenvalue weighted by Gasteiger charge is -2.07. The highest BCUT2D eigenvalue weighted by Gasteiger charge is 2.14. The highest BCUT2D eigenvalue weighted by atomic mass is 35.5. The first kappa shape index (κ1) is 20.9. The molecule has 3 rings (SSSR count). The van der Waals surface area contributed by atoms with Crippen molar-refractivity contribution in [3.05, 3.63) is 87.1 Å². The summed E-state index contributed by atoms with van der Waals surface area (Å²) in [5.41, 5.74) is 1.44. The van der Waals surface area contributed by atoms with Gasteiger partial charge in [0.05, 0.1) is 27.6 Å². The number of nitrogens with one attached hydrogen (secondary N) is 1. The minimum absolute atomic E-state index is 0.0367. The van der Waals surface area contributed by atoms with Crippen molar-refractivity contribution in [1.82, 2.24) is 10.3 Å². The number of pyridine rings is 1. The number of amides is 1. The van der Waals surface area contributed by atoms with Crippen LogP contribution in [0.2, 0.25) is 5.02 Å². The van der Waals surface area contributed by atoms with Gasteiger partial charge in [0.1, 0.15) is 6.61 Å². The molecule has 1 heterocycles. The van der Waals surface area contributed by atoms with E-state index in [4.69, 9.17) is 16.3 Å². The number of carbonyl (C=O) groups is 2. The Balaban J connectivity index is 1.49. The average Bonchev–Trinajstić information content (AvgIpc) is 2.74. The first-order chi connectivity index (χ1) is 14.5. The number of benzene rings is 2. The Bertz CT molecular complexity index is 1140. The van der Waals surface area contributed by atoms with E-state index < -0.39 is 16.8 Å². The van der Waals surface area contributed by atoms with E-state index in [1.54, 1.807) is 12.3 Å². The molecule has 0 fully saturated rings. The summed E-state index contributed by atoms with van der Waals surface area (Å²) in [5, 5.41) is 14.2. The number of rotatable bonds is 7. The van der Waals surface area contributed by atoms with Gasteiger partial charge in [-0.2, -0.15) is 0 Å². The lowest BCUT2D eigenvalue weighted by Crippen LogP contribution is -2.28. The maximum absolute atomic E-state index is 12.1. The van der Waals surface area contributed by atoms with Crippen molar-refractivity contribution < 1.29 is 19.2 Å². The van der Waals surface area contributed by atoms with Crippen LogP contribution in [-0.2, 0) is 9.53 Å². The molecule has 0 aliphatic heterocycles. The zero-order valence-corrected chi connectivity index (χ0v) is 16.3. The number of ether oxygens (including phenoxy) is 1. The number of esters is 1. The van der Waals surface area contributed by atoms with Crippen LogP contribution in [0.4, 0.5) is 5.69 Å². The Morgan fingerprint density at radius 2 is 2.00 bits per heavy atom. The predicted octanol–water partition coefficient (Wildman–Crippen LogP) is 3.78. The normalized spacial score (nSPS) is 10.8. The van der Waals surface area contributed by atoms with Gasteiger partial charge in [-0.25, -0.2) is 4.79 Å². The van der Waals surface area contributed by atoms with Gasteiger partial charge < -0.3 is 10.1 Å². The average molecular weight is 426 g/mol. The van der Waals surface area contributed by atoms with Crippen molar-refractivity contribution in [3.8, 4) is 0 Å². The number of non-ortho nitro benzene ring substituents is 1. The summed E-state index contributed by atoms with van der Waals surface area (Å²) in [7, 11) is 0. The minimum atomic E-state index is -0.602.